The molecular formula is C16H20FNO3. The average Bonchev–Trinajstić information content (AvgIpc) is 2.40. The van der Waals surface area contributed by atoms with Gasteiger partial charge in [0.15, 0.2) is 11.6 Å². The van der Waals surface area contributed by atoms with E-state index in [1.54, 1.807) is 11.0 Å². The number of hydrogen-bond donors (Lipinski definition) is 1. The molecule has 0 bridgehead atoms. The van der Waals surface area contributed by atoms with Gasteiger partial charge in [0.25, 0.3) is 0 Å². The summed E-state index contributed by atoms with van der Waals surface area (Å²) in [5.74, 6) is -0.992. The van der Waals surface area contributed by atoms with Gasteiger partial charge in [-0.05, 0) is 50.5 Å². The van der Waals surface area contributed by atoms with E-state index >= 15 is 0 Å². The van der Waals surface area contributed by atoms with Crippen LogP contribution in [0.25, 0.3) is 5.57 Å². The van der Waals surface area contributed by atoms with Crippen molar-refractivity contribution in [3.63, 3.8) is 0 Å². The van der Waals surface area contributed by atoms with E-state index in [4.69, 9.17) is 4.74 Å². The van der Waals surface area contributed by atoms with Crippen LogP contribution in [0.3, 0.4) is 0 Å². The van der Waals surface area contributed by atoms with Crippen molar-refractivity contribution < 1.29 is 19.0 Å². The number of nitrogens with zero attached hydrogens (tertiary/aromatic N) is 1. The quantitative estimate of drug-likeness (QED) is 0.861. The smallest absolute Gasteiger partial charge is 0.410 e. The topological polar surface area (TPSA) is 49.8 Å². The van der Waals surface area contributed by atoms with Crippen molar-refractivity contribution >= 4 is 11.7 Å². The Morgan fingerprint density at radius 2 is 2.10 bits per heavy atom. The number of phenols is 1. The van der Waals surface area contributed by atoms with E-state index < -0.39 is 11.4 Å². The Kier molecular flexibility index (Phi) is 4.21. The maximum atomic E-state index is 13.4. The highest BCUT2D eigenvalue weighted by atomic mass is 19.1. The number of benzene rings is 1. The maximum absolute atomic E-state index is 13.4. The minimum Gasteiger partial charge on any atom is -0.505 e. The fourth-order valence-corrected chi connectivity index (χ4v) is 2.13. The molecule has 0 fully saturated rings. The Bertz CT molecular complexity index is 575. The van der Waals surface area contributed by atoms with E-state index in [-0.39, 0.29) is 11.8 Å². The third kappa shape index (κ3) is 3.97. The molecule has 114 valence electrons. The van der Waals surface area contributed by atoms with Gasteiger partial charge >= 0.3 is 6.09 Å². The molecule has 21 heavy (non-hydrogen) atoms. The summed E-state index contributed by atoms with van der Waals surface area (Å²) in [6.07, 6.45) is 2.18. The average molecular weight is 293 g/mol. The predicted molar refractivity (Wildman–Crippen MR) is 78.5 cm³/mol. The molecule has 0 spiro atoms. The Balaban J connectivity index is 2.05. The number of carbonyl (C=O) groups excluding carboxylic acids is 1. The molecule has 0 radical (unpaired) electrons. The van der Waals surface area contributed by atoms with Crippen molar-refractivity contribution in [1.82, 2.24) is 4.90 Å². The number of rotatable bonds is 1. The second-order valence-electron chi connectivity index (χ2n) is 6.07. The Morgan fingerprint density at radius 3 is 2.62 bits per heavy atom. The van der Waals surface area contributed by atoms with Crippen LogP contribution in [-0.2, 0) is 4.74 Å². The molecule has 1 N–H and O–H groups in total. The van der Waals surface area contributed by atoms with Crippen molar-refractivity contribution in [2.75, 3.05) is 13.1 Å². The summed E-state index contributed by atoms with van der Waals surface area (Å²) in [7, 11) is 0. The van der Waals surface area contributed by atoms with E-state index in [9.17, 15) is 14.3 Å². The van der Waals surface area contributed by atoms with Gasteiger partial charge in [0, 0.05) is 13.1 Å². The third-order valence-corrected chi connectivity index (χ3v) is 3.18. The van der Waals surface area contributed by atoms with Crippen LogP contribution in [0, 0.1) is 5.82 Å². The van der Waals surface area contributed by atoms with Gasteiger partial charge in [0.1, 0.15) is 5.60 Å². The summed E-state index contributed by atoms with van der Waals surface area (Å²) < 4.78 is 18.7. The van der Waals surface area contributed by atoms with Crippen LogP contribution < -0.4 is 0 Å². The zero-order chi connectivity index (χ0) is 15.6. The van der Waals surface area contributed by atoms with Crippen molar-refractivity contribution in [2.24, 2.45) is 0 Å². The van der Waals surface area contributed by atoms with Crippen molar-refractivity contribution in [3.8, 4) is 5.75 Å². The van der Waals surface area contributed by atoms with E-state index in [1.807, 2.05) is 26.8 Å². The van der Waals surface area contributed by atoms with Gasteiger partial charge in [-0.1, -0.05) is 12.1 Å². The zero-order valence-corrected chi connectivity index (χ0v) is 12.5. The number of aromatic hydroxyl groups is 1. The highest BCUT2D eigenvalue weighted by Crippen LogP contribution is 2.26. The normalized spacial score (nSPS) is 15.6. The lowest BCUT2D eigenvalue weighted by molar-refractivity contribution is 0.0270. The number of phenolic OH excluding ortho intramolecular Hbond substituents is 1. The molecule has 1 aromatic rings. The molecular weight excluding hydrogens is 273 g/mol. The molecule has 4 nitrogen and oxygen atoms in total. The first-order valence-electron chi connectivity index (χ1n) is 6.92. The Labute approximate surface area is 123 Å². The number of ether oxygens (including phenoxy) is 1. The summed E-state index contributed by atoms with van der Waals surface area (Å²) in [6.45, 7) is 6.45. The van der Waals surface area contributed by atoms with Crippen LogP contribution in [0.5, 0.6) is 5.75 Å². The molecule has 1 aliphatic rings. The minimum absolute atomic E-state index is 0.338. The highest BCUT2D eigenvalue weighted by molar-refractivity contribution is 5.73. The summed E-state index contributed by atoms with van der Waals surface area (Å²) in [5, 5.41) is 9.20. The number of halogens is 1. The molecule has 1 aromatic carbocycles. The van der Waals surface area contributed by atoms with Crippen LogP contribution in [0.2, 0.25) is 0 Å². The van der Waals surface area contributed by atoms with Crippen LogP contribution in [0.15, 0.2) is 24.3 Å². The molecule has 1 heterocycles. The van der Waals surface area contributed by atoms with Gasteiger partial charge < -0.3 is 14.7 Å². The standard InChI is InChI=1S/C16H20FNO3/c1-16(2,3)21-15(20)18-8-6-11(7-9-18)12-4-5-14(19)13(17)10-12/h4-6,10,19H,7-9H2,1-3H3. The first-order valence-corrected chi connectivity index (χ1v) is 6.92. The molecule has 0 atom stereocenters. The van der Waals surface area contributed by atoms with E-state index in [1.165, 1.54) is 12.1 Å². The van der Waals surface area contributed by atoms with Gasteiger partial charge in [-0.3, -0.25) is 0 Å². The predicted octanol–water partition coefficient (Wildman–Crippen LogP) is 3.56. The molecule has 0 saturated carbocycles. The van der Waals surface area contributed by atoms with Crippen LogP contribution in [-0.4, -0.2) is 34.8 Å². The van der Waals surface area contributed by atoms with Gasteiger partial charge in [0.2, 0.25) is 0 Å². The lowest BCUT2D eigenvalue weighted by Crippen LogP contribution is -2.39. The van der Waals surface area contributed by atoms with Crippen molar-refractivity contribution in [1.29, 1.82) is 0 Å². The molecule has 0 aromatic heterocycles. The second kappa shape index (κ2) is 5.76. The lowest BCUT2D eigenvalue weighted by Gasteiger charge is -2.29. The Hall–Kier alpha value is -2.04. The first-order chi connectivity index (χ1) is 9.76. The Morgan fingerprint density at radius 1 is 1.38 bits per heavy atom. The zero-order valence-electron chi connectivity index (χ0n) is 12.5. The van der Waals surface area contributed by atoms with E-state index in [0.717, 1.165) is 11.1 Å². The molecule has 5 heteroatoms. The van der Waals surface area contributed by atoms with E-state index in [0.29, 0.717) is 19.5 Å². The van der Waals surface area contributed by atoms with Crippen LogP contribution in [0.4, 0.5) is 9.18 Å². The third-order valence-electron chi connectivity index (χ3n) is 3.18. The fourth-order valence-electron chi connectivity index (χ4n) is 2.13. The van der Waals surface area contributed by atoms with Gasteiger partial charge in [-0.15, -0.1) is 0 Å². The second-order valence-corrected chi connectivity index (χ2v) is 6.07. The van der Waals surface area contributed by atoms with Crippen LogP contribution in [0.1, 0.15) is 32.8 Å². The molecule has 2 rings (SSSR count). The fraction of sp³-hybridized carbons (Fsp3) is 0.438. The number of amides is 1. The summed E-state index contributed by atoms with van der Waals surface area (Å²) >= 11 is 0. The molecule has 0 aliphatic carbocycles. The lowest BCUT2D eigenvalue weighted by atomic mass is 9.99. The number of carbonyl (C=O) groups is 1. The number of hydrogen-bond acceptors (Lipinski definition) is 3. The van der Waals surface area contributed by atoms with Gasteiger partial charge in [-0.25, -0.2) is 9.18 Å². The monoisotopic (exact) mass is 293 g/mol. The molecule has 1 aliphatic heterocycles. The van der Waals surface area contributed by atoms with Gasteiger partial charge in [-0.2, -0.15) is 0 Å². The van der Waals surface area contributed by atoms with Gasteiger partial charge in [0.05, 0.1) is 0 Å². The highest BCUT2D eigenvalue weighted by Gasteiger charge is 2.23. The van der Waals surface area contributed by atoms with E-state index in [2.05, 4.69) is 0 Å². The largest absolute Gasteiger partial charge is 0.505 e. The molecule has 0 unspecified atom stereocenters. The minimum atomic E-state index is -0.636. The summed E-state index contributed by atoms with van der Waals surface area (Å²) in [4.78, 5) is 13.6. The molecule has 1 amide bonds. The van der Waals surface area contributed by atoms with Crippen molar-refractivity contribution in [2.45, 2.75) is 32.8 Å². The first kappa shape index (κ1) is 15.4. The summed E-state index contributed by atoms with van der Waals surface area (Å²) in [6, 6.07) is 4.32. The molecule has 0 saturated heterocycles. The maximum Gasteiger partial charge on any atom is 0.410 e. The van der Waals surface area contributed by atoms with Crippen molar-refractivity contribution in [3.05, 3.63) is 35.7 Å². The summed E-state index contributed by atoms with van der Waals surface area (Å²) in [5.41, 5.74) is 1.18. The SMILES string of the molecule is CC(C)(C)OC(=O)N1CC=C(c2ccc(O)c(F)c2)CC1. The van der Waals surface area contributed by atoms with Crippen LogP contribution >= 0.6 is 0 Å².